The summed E-state index contributed by atoms with van der Waals surface area (Å²) in [4.78, 5) is 15.4. The van der Waals surface area contributed by atoms with Crippen LogP contribution < -0.4 is 14.8 Å². The van der Waals surface area contributed by atoms with Crippen LogP contribution in [0.2, 0.25) is 0 Å². The number of anilines is 2. The highest BCUT2D eigenvalue weighted by Crippen LogP contribution is 2.32. The number of benzene rings is 1. The van der Waals surface area contributed by atoms with Crippen molar-refractivity contribution in [3.63, 3.8) is 0 Å². The maximum absolute atomic E-state index is 11.3. The average Bonchev–Trinajstić information content (AvgIpc) is 2.48. The van der Waals surface area contributed by atoms with E-state index in [1.165, 1.54) is 19.4 Å². The summed E-state index contributed by atoms with van der Waals surface area (Å²) >= 11 is 3.20. The fourth-order valence-corrected chi connectivity index (χ4v) is 2.07. The fraction of sp³-hybridized carbons (Fsp3) is 0.143. The molecule has 1 aromatic heterocycles. The van der Waals surface area contributed by atoms with Gasteiger partial charge in [-0.15, -0.1) is 0 Å². The standard InChI is InChI=1S/C14H13BrN2O4/c1-20-9-3-4-12(21-2)11(6-9)17-13-10(14(18)19)5-8(15)7-16-13/h3-7H,1-2H3,(H,16,17)(H,18,19). The van der Waals surface area contributed by atoms with E-state index in [1.807, 2.05) is 0 Å². The van der Waals surface area contributed by atoms with Gasteiger partial charge in [-0.2, -0.15) is 0 Å². The fourth-order valence-electron chi connectivity index (χ4n) is 1.74. The summed E-state index contributed by atoms with van der Waals surface area (Å²) < 4.78 is 11.0. The zero-order valence-electron chi connectivity index (χ0n) is 11.4. The van der Waals surface area contributed by atoms with Gasteiger partial charge in [-0.05, 0) is 34.1 Å². The number of aromatic nitrogens is 1. The molecule has 0 aliphatic heterocycles. The van der Waals surface area contributed by atoms with Gasteiger partial charge in [-0.1, -0.05) is 0 Å². The predicted octanol–water partition coefficient (Wildman–Crippen LogP) is 3.30. The Hall–Kier alpha value is -2.28. The van der Waals surface area contributed by atoms with Crippen molar-refractivity contribution in [1.29, 1.82) is 0 Å². The molecule has 0 saturated carbocycles. The van der Waals surface area contributed by atoms with Crippen molar-refractivity contribution in [3.8, 4) is 11.5 Å². The molecule has 0 radical (unpaired) electrons. The molecule has 2 rings (SSSR count). The molecule has 1 aromatic carbocycles. The first-order chi connectivity index (χ1) is 10.0. The van der Waals surface area contributed by atoms with Gasteiger partial charge >= 0.3 is 5.97 Å². The summed E-state index contributed by atoms with van der Waals surface area (Å²) in [5.74, 6) is 0.314. The van der Waals surface area contributed by atoms with Gasteiger partial charge in [0.25, 0.3) is 0 Å². The van der Waals surface area contributed by atoms with Crippen molar-refractivity contribution in [1.82, 2.24) is 4.98 Å². The number of halogens is 1. The quantitative estimate of drug-likeness (QED) is 0.859. The summed E-state index contributed by atoms with van der Waals surface area (Å²) in [6, 6.07) is 6.65. The number of nitrogens with one attached hydrogen (secondary N) is 1. The third-order valence-corrected chi connectivity index (χ3v) is 3.18. The highest BCUT2D eigenvalue weighted by Gasteiger charge is 2.14. The van der Waals surface area contributed by atoms with E-state index >= 15 is 0 Å². The molecule has 0 saturated heterocycles. The van der Waals surface area contributed by atoms with E-state index < -0.39 is 5.97 Å². The Balaban J connectivity index is 2.44. The van der Waals surface area contributed by atoms with E-state index in [0.29, 0.717) is 21.7 Å². The lowest BCUT2D eigenvalue weighted by molar-refractivity contribution is 0.0697. The number of rotatable bonds is 5. The Morgan fingerprint density at radius 2 is 2.05 bits per heavy atom. The molecule has 1 heterocycles. The van der Waals surface area contributed by atoms with E-state index in [2.05, 4.69) is 26.2 Å². The van der Waals surface area contributed by atoms with Crippen LogP contribution in [0.4, 0.5) is 11.5 Å². The van der Waals surface area contributed by atoms with E-state index in [4.69, 9.17) is 9.47 Å². The highest BCUT2D eigenvalue weighted by atomic mass is 79.9. The number of carbonyl (C=O) groups is 1. The van der Waals surface area contributed by atoms with Crippen molar-refractivity contribution in [2.24, 2.45) is 0 Å². The molecule has 6 nitrogen and oxygen atoms in total. The number of ether oxygens (including phenoxy) is 2. The van der Waals surface area contributed by atoms with Gasteiger partial charge in [0.15, 0.2) is 0 Å². The minimum absolute atomic E-state index is 0.0502. The normalized spacial score (nSPS) is 10.0. The molecule has 2 aromatic rings. The summed E-state index contributed by atoms with van der Waals surface area (Å²) in [5.41, 5.74) is 0.614. The number of methoxy groups -OCH3 is 2. The molecule has 7 heteroatoms. The van der Waals surface area contributed by atoms with Crippen LogP contribution in [0.5, 0.6) is 11.5 Å². The molecule has 0 fully saturated rings. The largest absolute Gasteiger partial charge is 0.497 e. The second-order valence-corrected chi connectivity index (χ2v) is 4.96. The average molecular weight is 353 g/mol. The zero-order chi connectivity index (χ0) is 15.4. The molecule has 0 atom stereocenters. The molecule has 2 N–H and O–H groups in total. The van der Waals surface area contributed by atoms with E-state index in [1.54, 1.807) is 25.3 Å². The predicted molar refractivity (Wildman–Crippen MR) is 81.7 cm³/mol. The number of carboxylic acid groups (broad SMARTS) is 1. The van der Waals surface area contributed by atoms with Gasteiger partial charge in [-0.3, -0.25) is 0 Å². The van der Waals surface area contributed by atoms with Crippen LogP contribution in [0.15, 0.2) is 34.9 Å². The van der Waals surface area contributed by atoms with Crippen molar-refractivity contribution in [3.05, 3.63) is 40.5 Å². The van der Waals surface area contributed by atoms with E-state index in [0.717, 1.165) is 0 Å². The third-order valence-electron chi connectivity index (χ3n) is 2.74. The minimum Gasteiger partial charge on any atom is -0.497 e. The third kappa shape index (κ3) is 3.43. The maximum atomic E-state index is 11.3. The lowest BCUT2D eigenvalue weighted by Crippen LogP contribution is -2.05. The molecule has 0 amide bonds. The monoisotopic (exact) mass is 352 g/mol. The van der Waals surface area contributed by atoms with E-state index in [9.17, 15) is 9.90 Å². The Kier molecular flexibility index (Phi) is 4.64. The first kappa shape index (κ1) is 15.1. The van der Waals surface area contributed by atoms with Crippen LogP contribution in [0.1, 0.15) is 10.4 Å². The van der Waals surface area contributed by atoms with Gasteiger partial charge in [-0.25, -0.2) is 9.78 Å². The number of nitrogens with zero attached hydrogens (tertiary/aromatic N) is 1. The molecule has 0 aliphatic carbocycles. The van der Waals surface area contributed by atoms with Gasteiger partial charge in [0.2, 0.25) is 0 Å². The second-order valence-electron chi connectivity index (χ2n) is 4.05. The Labute approximate surface area is 129 Å². The number of pyridine rings is 1. The lowest BCUT2D eigenvalue weighted by Gasteiger charge is -2.13. The molecule has 21 heavy (non-hydrogen) atoms. The number of carboxylic acids is 1. The molecule has 0 unspecified atom stereocenters. The van der Waals surface area contributed by atoms with Crippen LogP contribution in [-0.2, 0) is 0 Å². The molecular formula is C14H13BrN2O4. The smallest absolute Gasteiger partial charge is 0.339 e. The van der Waals surface area contributed by atoms with Crippen molar-refractivity contribution < 1.29 is 19.4 Å². The molecule has 0 bridgehead atoms. The minimum atomic E-state index is -1.08. The topological polar surface area (TPSA) is 80.7 Å². The SMILES string of the molecule is COc1ccc(OC)c(Nc2ncc(Br)cc2C(=O)O)c1. The number of hydrogen-bond donors (Lipinski definition) is 2. The molecule has 110 valence electrons. The zero-order valence-corrected chi connectivity index (χ0v) is 13.0. The Morgan fingerprint density at radius 1 is 1.29 bits per heavy atom. The maximum Gasteiger partial charge on any atom is 0.339 e. The van der Waals surface area contributed by atoms with Crippen LogP contribution in [0.3, 0.4) is 0 Å². The summed E-state index contributed by atoms with van der Waals surface area (Å²) in [6.07, 6.45) is 1.52. The van der Waals surface area contributed by atoms with Gasteiger partial charge in [0.1, 0.15) is 22.9 Å². The summed E-state index contributed by atoms with van der Waals surface area (Å²) in [6.45, 7) is 0. The van der Waals surface area contributed by atoms with Gasteiger partial charge in [0, 0.05) is 16.7 Å². The second kappa shape index (κ2) is 6.45. The first-order valence-corrected chi connectivity index (χ1v) is 6.72. The summed E-state index contributed by atoms with van der Waals surface area (Å²) in [5, 5.41) is 12.2. The molecular weight excluding hydrogens is 340 g/mol. The van der Waals surface area contributed by atoms with Crippen molar-refractivity contribution in [2.75, 3.05) is 19.5 Å². The van der Waals surface area contributed by atoms with Crippen LogP contribution in [-0.4, -0.2) is 30.3 Å². The van der Waals surface area contributed by atoms with Crippen LogP contribution in [0, 0.1) is 0 Å². The number of aromatic carboxylic acids is 1. The Morgan fingerprint density at radius 3 is 2.67 bits per heavy atom. The summed E-state index contributed by atoms with van der Waals surface area (Å²) in [7, 11) is 3.08. The van der Waals surface area contributed by atoms with Gasteiger partial charge in [0.05, 0.1) is 19.9 Å². The van der Waals surface area contributed by atoms with Gasteiger partial charge < -0.3 is 19.9 Å². The highest BCUT2D eigenvalue weighted by molar-refractivity contribution is 9.10. The lowest BCUT2D eigenvalue weighted by atomic mass is 10.2. The number of hydrogen-bond acceptors (Lipinski definition) is 5. The Bertz CT molecular complexity index is 676. The first-order valence-electron chi connectivity index (χ1n) is 5.93. The van der Waals surface area contributed by atoms with Crippen LogP contribution in [0.25, 0.3) is 0 Å². The molecule has 0 aliphatic rings. The van der Waals surface area contributed by atoms with E-state index in [-0.39, 0.29) is 11.4 Å². The van der Waals surface area contributed by atoms with Crippen molar-refractivity contribution in [2.45, 2.75) is 0 Å². The molecule has 0 spiro atoms. The van der Waals surface area contributed by atoms with Crippen LogP contribution >= 0.6 is 15.9 Å². The van der Waals surface area contributed by atoms with Crippen molar-refractivity contribution >= 4 is 33.4 Å².